The van der Waals surface area contributed by atoms with Crippen molar-refractivity contribution >= 4 is 0 Å². The summed E-state index contributed by atoms with van der Waals surface area (Å²) < 4.78 is 0. The van der Waals surface area contributed by atoms with Crippen molar-refractivity contribution in [3.05, 3.63) is 40.7 Å². The van der Waals surface area contributed by atoms with Crippen LogP contribution in [0.5, 0.6) is 0 Å². The van der Waals surface area contributed by atoms with Crippen molar-refractivity contribution in [3.8, 4) is 0 Å². The molecular formula is C13H14. The van der Waals surface area contributed by atoms with Gasteiger partial charge in [0.25, 0.3) is 0 Å². The topological polar surface area (TPSA) is 0 Å². The minimum Gasteiger partial charge on any atom is -0.121 e. The van der Waals surface area contributed by atoms with E-state index < -0.39 is 0 Å². The van der Waals surface area contributed by atoms with E-state index in [-0.39, 0.29) is 0 Å². The number of allylic oxidation sites excluding steroid dienone is 5. The Labute approximate surface area is 79.3 Å². The zero-order valence-corrected chi connectivity index (χ0v) is 8.17. The lowest BCUT2D eigenvalue weighted by atomic mass is 9.95. The molecule has 0 spiro atoms. The average molecular weight is 170 g/mol. The maximum Gasteiger partial charge on any atom is -0.00905 e. The van der Waals surface area contributed by atoms with E-state index in [1.54, 1.807) is 5.57 Å². The van der Waals surface area contributed by atoms with Gasteiger partial charge in [0.1, 0.15) is 0 Å². The van der Waals surface area contributed by atoms with Crippen molar-refractivity contribution < 1.29 is 0 Å². The van der Waals surface area contributed by atoms with Gasteiger partial charge in [0.15, 0.2) is 0 Å². The minimum absolute atomic E-state index is 0.905. The first-order chi connectivity index (χ1) is 6.29. The molecule has 0 amide bonds. The summed E-state index contributed by atoms with van der Waals surface area (Å²) >= 11 is 0. The van der Waals surface area contributed by atoms with Gasteiger partial charge in [-0.3, -0.25) is 0 Å². The van der Waals surface area contributed by atoms with Crippen LogP contribution in [0.4, 0.5) is 0 Å². The van der Waals surface area contributed by atoms with E-state index >= 15 is 0 Å². The molecule has 2 saturated carbocycles. The highest BCUT2D eigenvalue weighted by molar-refractivity contribution is 5.47. The second-order valence-corrected chi connectivity index (χ2v) is 4.50. The Kier molecular flexibility index (Phi) is 1.30. The van der Waals surface area contributed by atoms with E-state index in [0.29, 0.717) is 0 Å². The largest absolute Gasteiger partial charge is 0.121 e. The van der Waals surface area contributed by atoms with Crippen LogP contribution in [0.15, 0.2) is 40.7 Å². The number of hydrogen-bond donors (Lipinski definition) is 0. The van der Waals surface area contributed by atoms with Gasteiger partial charge in [-0.1, -0.05) is 6.08 Å². The molecule has 0 aliphatic heterocycles. The monoisotopic (exact) mass is 170 g/mol. The Morgan fingerprint density at radius 1 is 1.31 bits per heavy atom. The van der Waals surface area contributed by atoms with Crippen molar-refractivity contribution in [2.75, 3.05) is 0 Å². The number of hydrogen-bond acceptors (Lipinski definition) is 0. The fourth-order valence-electron chi connectivity index (χ4n) is 2.36. The highest BCUT2D eigenvalue weighted by Crippen LogP contribution is 2.71. The van der Waals surface area contributed by atoms with Crippen LogP contribution in [-0.2, 0) is 0 Å². The predicted molar refractivity (Wildman–Crippen MR) is 54.2 cm³/mol. The van der Waals surface area contributed by atoms with E-state index in [2.05, 4.69) is 31.7 Å². The lowest BCUT2D eigenvalue weighted by molar-refractivity contribution is 0.715. The van der Waals surface area contributed by atoms with Gasteiger partial charge >= 0.3 is 0 Å². The maximum absolute atomic E-state index is 3.24. The van der Waals surface area contributed by atoms with Crippen LogP contribution in [0.3, 0.4) is 0 Å². The molecule has 2 fully saturated rings. The second-order valence-electron chi connectivity index (χ2n) is 4.50. The molecule has 0 N–H and O–H groups in total. The van der Waals surface area contributed by atoms with Crippen LogP contribution >= 0.6 is 0 Å². The summed E-state index contributed by atoms with van der Waals surface area (Å²) in [6, 6.07) is 0. The molecular weight excluding hydrogens is 156 g/mol. The fourth-order valence-corrected chi connectivity index (χ4v) is 2.36. The van der Waals surface area contributed by atoms with E-state index in [9.17, 15) is 0 Å². The molecule has 3 rings (SSSR count). The van der Waals surface area contributed by atoms with Crippen molar-refractivity contribution in [1.29, 1.82) is 0 Å². The highest BCUT2D eigenvalue weighted by Gasteiger charge is 2.65. The van der Waals surface area contributed by atoms with Crippen LogP contribution < -0.4 is 0 Å². The molecule has 0 saturated heterocycles. The standard InChI is InChI=1S/C13H14/c1-8-5-3-4-6-10(9(8)2)13-11-7-12(11)13/h3,5-6,11-13H,7H2,1-2H3. The van der Waals surface area contributed by atoms with E-state index in [0.717, 1.165) is 17.8 Å². The third-order valence-corrected chi connectivity index (χ3v) is 3.72. The molecule has 0 aromatic heterocycles. The van der Waals surface area contributed by atoms with Crippen molar-refractivity contribution in [2.45, 2.75) is 20.3 Å². The Morgan fingerprint density at radius 3 is 2.69 bits per heavy atom. The van der Waals surface area contributed by atoms with Gasteiger partial charge in [0.2, 0.25) is 0 Å². The lowest BCUT2D eigenvalue weighted by Gasteiger charge is -2.09. The first-order valence-electron chi connectivity index (χ1n) is 5.09. The van der Waals surface area contributed by atoms with Crippen molar-refractivity contribution in [3.63, 3.8) is 0 Å². The quantitative estimate of drug-likeness (QED) is 0.530. The predicted octanol–water partition coefficient (Wildman–Crippen LogP) is 3.24. The van der Waals surface area contributed by atoms with Gasteiger partial charge < -0.3 is 0 Å². The zero-order chi connectivity index (χ0) is 9.00. The second kappa shape index (κ2) is 2.27. The molecule has 13 heavy (non-hydrogen) atoms. The van der Waals surface area contributed by atoms with Crippen molar-refractivity contribution in [2.24, 2.45) is 17.8 Å². The molecule has 3 aliphatic rings. The summed E-state index contributed by atoms with van der Waals surface area (Å²) in [5.41, 5.74) is 7.69. The van der Waals surface area contributed by atoms with Gasteiger partial charge in [0.05, 0.1) is 0 Å². The first-order valence-corrected chi connectivity index (χ1v) is 5.09. The molecule has 2 atom stereocenters. The van der Waals surface area contributed by atoms with E-state index in [4.69, 9.17) is 0 Å². The zero-order valence-electron chi connectivity index (χ0n) is 8.17. The minimum atomic E-state index is 0.905. The third-order valence-electron chi connectivity index (χ3n) is 3.72. The Bertz CT molecular complexity index is 378. The number of fused-ring (bicyclic) bond motifs is 1. The lowest BCUT2D eigenvalue weighted by Crippen LogP contribution is -1.96. The Balaban J connectivity index is 2.01. The molecule has 0 radical (unpaired) electrons. The molecule has 0 aromatic carbocycles. The molecule has 66 valence electrons. The summed E-state index contributed by atoms with van der Waals surface area (Å²) in [7, 11) is 0. The van der Waals surface area contributed by atoms with Crippen LogP contribution in [0.2, 0.25) is 0 Å². The first kappa shape index (κ1) is 7.41. The average Bonchev–Trinajstić information content (AvgIpc) is 2.93. The molecule has 0 bridgehead atoms. The Hall–Kier alpha value is -1.00. The summed E-state index contributed by atoms with van der Waals surface area (Å²) in [6.07, 6.45) is 7.87. The van der Waals surface area contributed by atoms with Gasteiger partial charge in [0, 0.05) is 0 Å². The third kappa shape index (κ3) is 0.990. The molecule has 0 nitrogen and oxygen atoms in total. The normalized spacial score (nSPS) is 39.8. The highest BCUT2D eigenvalue weighted by atomic mass is 14.7. The van der Waals surface area contributed by atoms with Crippen LogP contribution in [-0.4, -0.2) is 0 Å². The van der Waals surface area contributed by atoms with Gasteiger partial charge in [-0.05, 0) is 66.9 Å². The van der Waals surface area contributed by atoms with Gasteiger partial charge in [-0.25, -0.2) is 0 Å². The Morgan fingerprint density at radius 2 is 2.08 bits per heavy atom. The van der Waals surface area contributed by atoms with Gasteiger partial charge in [-0.15, -0.1) is 5.73 Å². The molecule has 3 aliphatic carbocycles. The number of rotatable bonds is 1. The molecule has 0 heteroatoms. The van der Waals surface area contributed by atoms with E-state index in [1.165, 1.54) is 17.6 Å². The summed E-state index contributed by atoms with van der Waals surface area (Å²) in [4.78, 5) is 0. The van der Waals surface area contributed by atoms with E-state index in [1.807, 2.05) is 6.08 Å². The smallest absolute Gasteiger partial charge is 0.00905 e. The van der Waals surface area contributed by atoms with Crippen LogP contribution in [0.1, 0.15) is 20.3 Å². The van der Waals surface area contributed by atoms with Crippen LogP contribution in [0.25, 0.3) is 0 Å². The molecule has 0 heterocycles. The maximum atomic E-state index is 3.24. The van der Waals surface area contributed by atoms with Crippen molar-refractivity contribution in [1.82, 2.24) is 0 Å². The summed E-state index contributed by atoms with van der Waals surface area (Å²) in [5.74, 6) is 3.00. The molecule has 0 aromatic rings. The van der Waals surface area contributed by atoms with Gasteiger partial charge in [-0.2, -0.15) is 0 Å². The fraction of sp³-hybridized carbons (Fsp3) is 0.462. The summed E-state index contributed by atoms with van der Waals surface area (Å²) in [5, 5.41) is 0. The van der Waals surface area contributed by atoms with Crippen LogP contribution in [0, 0.1) is 17.8 Å². The SMILES string of the molecule is CC1=CC=C=CC(C2C3CC32)=C1C. The summed E-state index contributed by atoms with van der Waals surface area (Å²) in [6.45, 7) is 4.44. The molecule has 2 unspecified atom stereocenters.